The highest BCUT2D eigenvalue weighted by Gasteiger charge is 2.31. The summed E-state index contributed by atoms with van der Waals surface area (Å²) in [6, 6.07) is 6.60. The predicted molar refractivity (Wildman–Crippen MR) is 78.1 cm³/mol. The number of hydrogen-bond donors (Lipinski definition) is 1. The summed E-state index contributed by atoms with van der Waals surface area (Å²) in [5.74, 6) is 2.20. The second-order valence-corrected chi connectivity index (χ2v) is 5.28. The van der Waals surface area contributed by atoms with Gasteiger partial charge in [-0.15, -0.1) is 0 Å². The number of anilines is 1. The fourth-order valence-corrected chi connectivity index (χ4v) is 2.76. The van der Waals surface area contributed by atoms with E-state index in [-0.39, 0.29) is 6.04 Å². The minimum Gasteiger partial charge on any atom is -0.497 e. The minimum atomic E-state index is 0.280. The van der Waals surface area contributed by atoms with Gasteiger partial charge in [0.15, 0.2) is 0 Å². The molecule has 3 atom stereocenters. The number of hydrogen-bond acceptors (Lipinski definition) is 4. The van der Waals surface area contributed by atoms with Gasteiger partial charge in [0.1, 0.15) is 11.5 Å². The Kier molecular flexibility index (Phi) is 4.20. The summed E-state index contributed by atoms with van der Waals surface area (Å²) in [7, 11) is 3.39. The van der Waals surface area contributed by atoms with Gasteiger partial charge in [0.25, 0.3) is 0 Å². The first-order chi connectivity index (χ1) is 9.08. The van der Waals surface area contributed by atoms with Crippen molar-refractivity contribution in [2.45, 2.75) is 32.4 Å². The lowest BCUT2D eigenvalue weighted by atomic mass is 9.87. The van der Waals surface area contributed by atoms with E-state index in [0.29, 0.717) is 12.0 Å². The number of benzene rings is 1. The van der Waals surface area contributed by atoms with Gasteiger partial charge in [0, 0.05) is 24.7 Å². The molecule has 1 aromatic rings. The van der Waals surface area contributed by atoms with E-state index >= 15 is 0 Å². The average Bonchev–Trinajstić information content (AvgIpc) is 2.44. The van der Waals surface area contributed by atoms with E-state index in [9.17, 15) is 0 Å². The third-order valence-corrected chi connectivity index (χ3v) is 4.33. The molecular weight excluding hydrogens is 240 g/mol. The van der Waals surface area contributed by atoms with Crippen LogP contribution in [0.15, 0.2) is 18.2 Å². The largest absolute Gasteiger partial charge is 0.497 e. The smallest absolute Gasteiger partial charge is 0.142 e. The molecule has 4 heteroatoms. The molecule has 1 heterocycles. The van der Waals surface area contributed by atoms with E-state index in [4.69, 9.17) is 15.2 Å². The second kappa shape index (κ2) is 5.70. The van der Waals surface area contributed by atoms with Gasteiger partial charge in [-0.3, -0.25) is 0 Å². The maximum Gasteiger partial charge on any atom is 0.142 e. The van der Waals surface area contributed by atoms with Crippen molar-refractivity contribution in [1.82, 2.24) is 0 Å². The Morgan fingerprint density at radius 1 is 1.21 bits per heavy atom. The summed E-state index contributed by atoms with van der Waals surface area (Å²) in [5.41, 5.74) is 7.24. The maximum absolute atomic E-state index is 6.15. The molecule has 0 aliphatic carbocycles. The lowest BCUT2D eigenvalue weighted by Gasteiger charge is -2.43. The van der Waals surface area contributed by atoms with Crippen LogP contribution >= 0.6 is 0 Å². The maximum atomic E-state index is 6.15. The van der Waals surface area contributed by atoms with E-state index in [1.807, 2.05) is 18.2 Å². The number of methoxy groups -OCH3 is 2. The van der Waals surface area contributed by atoms with Crippen molar-refractivity contribution in [2.24, 2.45) is 11.7 Å². The molecule has 19 heavy (non-hydrogen) atoms. The molecule has 0 aromatic heterocycles. The van der Waals surface area contributed by atoms with Gasteiger partial charge in [-0.1, -0.05) is 6.92 Å². The van der Waals surface area contributed by atoms with Crippen molar-refractivity contribution in [3.63, 3.8) is 0 Å². The van der Waals surface area contributed by atoms with Gasteiger partial charge in [-0.05, 0) is 31.4 Å². The Hall–Kier alpha value is -1.42. The zero-order valence-electron chi connectivity index (χ0n) is 12.2. The molecule has 2 N–H and O–H groups in total. The van der Waals surface area contributed by atoms with Crippen LogP contribution in [0.2, 0.25) is 0 Å². The Bertz CT molecular complexity index is 436. The Morgan fingerprint density at radius 2 is 1.95 bits per heavy atom. The molecule has 0 spiro atoms. The number of ether oxygens (including phenoxy) is 2. The van der Waals surface area contributed by atoms with Crippen LogP contribution in [0.4, 0.5) is 5.69 Å². The van der Waals surface area contributed by atoms with Crippen molar-refractivity contribution < 1.29 is 9.47 Å². The zero-order valence-corrected chi connectivity index (χ0v) is 12.2. The monoisotopic (exact) mass is 264 g/mol. The van der Waals surface area contributed by atoms with Gasteiger partial charge in [-0.25, -0.2) is 0 Å². The highest BCUT2D eigenvalue weighted by molar-refractivity contribution is 5.62. The summed E-state index contributed by atoms with van der Waals surface area (Å²) >= 11 is 0. The Labute approximate surface area is 115 Å². The van der Waals surface area contributed by atoms with Crippen LogP contribution in [0.3, 0.4) is 0 Å². The first kappa shape index (κ1) is 14.0. The van der Waals surface area contributed by atoms with Gasteiger partial charge in [-0.2, -0.15) is 0 Å². The number of rotatable bonds is 3. The molecule has 106 valence electrons. The molecule has 2 rings (SSSR count). The molecule has 1 aromatic carbocycles. The van der Waals surface area contributed by atoms with Crippen LogP contribution in [0, 0.1) is 5.92 Å². The van der Waals surface area contributed by atoms with Crippen molar-refractivity contribution in [1.29, 1.82) is 0 Å². The highest BCUT2D eigenvalue weighted by atomic mass is 16.5. The summed E-state index contributed by atoms with van der Waals surface area (Å²) in [6.45, 7) is 5.40. The molecule has 0 saturated carbocycles. The lowest BCUT2D eigenvalue weighted by Crippen LogP contribution is -2.51. The number of nitrogens with zero attached hydrogens (tertiary/aromatic N) is 1. The van der Waals surface area contributed by atoms with Crippen LogP contribution < -0.4 is 20.1 Å². The van der Waals surface area contributed by atoms with E-state index in [1.165, 1.54) is 0 Å². The van der Waals surface area contributed by atoms with Gasteiger partial charge in [0.2, 0.25) is 0 Å². The molecule has 4 nitrogen and oxygen atoms in total. The van der Waals surface area contributed by atoms with E-state index in [2.05, 4.69) is 18.7 Å². The van der Waals surface area contributed by atoms with Crippen molar-refractivity contribution >= 4 is 5.69 Å². The first-order valence-corrected chi connectivity index (χ1v) is 6.82. The summed E-state index contributed by atoms with van der Waals surface area (Å²) in [4.78, 5) is 2.37. The summed E-state index contributed by atoms with van der Waals surface area (Å²) in [5, 5.41) is 0. The molecule has 0 amide bonds. The third kappa shape index (κ3) is 2.63. The second-order valence-electron chi connectivity index (χ2n) is 5.28. The van der Waals surface area contributed by atoms with Gasteiger partial charge in [0.05, 0.1) is 19.9 Å². The quantitative estimate of drug-likeness (QED) is 0.909. The zero-order chi connectivity index (χ0) is 14.0. The van der Waals surface area contributed by atoms with Crippen LogP contribution in [0.25, 0.3) is 0 Å². The van der Waals surface area contributed by atoms with Crippen LogP contribution in [-0.2, 0) is 0 Å². The van der Waals surface area contributed by atoms with Crippen molar-refractivity contribution in [3.05, 3.63) is 18.2 Å². The molecule has 1 fully saturated rings. The van der Waals surface area contributed by atoms with E-state index in [1.54, 1.807) is 14.2 Å². The molecular formula is C15H24N2O2. The van der Waals surface area contributed by atoms with Gasteiger partial charge >= 0.3 is 0 Å². The van der Waals surface area contributed by atoms with Gasteiger partial charge < -0.3 is 20.1 Å². The van der Waals surface area contributed by atoms with Crippen LogP contribution in [0.5, 0.6) is 11.5 Å². The predicted octanol–water partition coefficient (Wildman–Crippen LogP) is 2.27. The molecule has 1 aliphatic heterocycles. The number of nitrogens with two attached hydrogens (primary N) is 1. The first-order valence-electron chi connectivity index (χ1n) is 6.82. The standard InChI is InChI=1S/C15H24N2O2/c1-10-11(2)17(8-7-13(10)16)14-9-12(18-3)5-6-15(14)19-4/h5-6,9-11,13H,7-8,16H2,1-4H3. The fourth-order valence-electron chi connectivity index (χ4n) is 2.76. The topological polar surface area (TPSA) is 47.7 Å². The molecule has 1 saturated heterocycles. The molecule has 0 radical (unpaired) electrons. The van der Waals surface area contributed by atoms with E-state index < -0.39 is 0 Å². The number of piperidine rings is 1. The normalized spacial score (nSPS) is 27.2. The average molecular weight is 264 g/mol. The summed E-state index contributed by atoms with van der Waals surface area (Å²) < 4.78 is 10.8. The van der Waals surface area contributed by atoms with Crippen molar-refractivity contribution in [2.75, 3.05) is 25.7 Å². The molecule has 0 bridgehead atoms. The minimum absolute atomic E-state index is 0.280. The third-order valence-electron chi connectivity index (χ3n) is 4.33. The SMILES string of the molecule is COc1ccc(OC)c(N2CCC(N)C(C)C2C)c1. The van der Waals surface area contributed by atoms with Crippen LogP contribution in [0.1, 0.15) is 20.3 Å². The Morgan fingerprint density at radius 3 is 2.58 bits per heavy atom. The highest BCUT2D eigenvalue weighted by Crippen LogP contribution is 2.37. The summed E-state index contributed by atoms with van der Waals surface area (Å²) in [6.07, 6.45) is 1.01. The molecule has 3 unspecified atom stereocenters. The lowest BCUT2D eigenvalue weighted by molar-refractivity contribution is 0.312. The van der Waals surface area contributed by atoms with E-state index in [0.717, 1.165) is 30.2 Å². The molecule has 1 aliphatic rings. The fraction of sp³-hybridized carbons (Fsp3) is 0.600. The van der Waals surface area contributed by atoms with Crippen LogP contribution in [-0.4, -0.2) is 32.8 Å². The Balaban J connectivity index is 2.34. The van der Waals surface area contributed by atoms with Crippen molar-refractivity contribution in [3.8, 4) is 11.5 Å².